The van der Waals surface area contributed by atoms with Crippen LogP contribution >= 0.6 is 0 Å². The Hall–Kier alpha value is -2.30. The molecule has 3 rings (SSSR count). The number of benzene rings is 1. The van der Waals surface area contributed by atoms with Gasteiger partial charge in [0.25, 0.3) is 11.9 Å². The Morgan fingerprint density at radius 1 is 1.12 bits per heavy atom. The maximum absolute atomic E-state index is 13.4. The number of carbonyl (C=O) groups is 2. The molecule has 2 aromatic rings. The fraction of sp³-hybridized carbons (Fsp3) is 0.0833. The molecule has 1 heterocycles. The summed E-state index contributed by atoms with van der Waals surface area (Å²) in [6, 6.07) is 6.64. The van der Waals surface area contributed by atoms with Crippen molar-refractivity contribution in [1.29, 1.82) is 0 Å². The molecule has 84 valence electrons. The van der Waals surface area contributed by atoms with Gasteiger partial charge in [0.15, 0.2) is 0 Å². The number of aromatic nitrogens is 2. The van der Waals surface area contributed by atoms with Gasteiger partial charge in [-0.3, -0.25) is 9.59 Å². The highest BCUT2D eigenvalue weighted by atomic mass is 19.1. The van der Waals surface area contributed by atoms with Crippen molar-refractivity contribution in [2.45, 2.75) is 0 Å². The fourth-order valence-electron chi connectivity index (χ4n) is 2.06. The van der Waals surface area contributed by atoms with Crippen molar-refractivity contribution in [3.05, 3.63) is 41.6 Å². The molecule has 1 aliphatic carbocycles. The first-order valence-electron chi connectivity index (χ1n) is 5.02. The van der Waals surface area contributed by atoms with Crippen molar-refractivity contribution in [3.8, 4) is 11.3 Å². The molecule has 0 radical (unpaired) electrons. The molecule has 0 amide bonds. The van der Waals surface area contributed by atoms with Gasteiger partial charge in [0.05, 0.1) is 5.69 Å². The van der Waals surface area contributed by atoms with Gasteiger partial charge in [0, 0.05) is 18.2 Å². The number of Topliss-reactive ketones (excluding diaryl/α,β-unsaturated/α-hetero) is 2. The second-order valence-electron chi connectivity index (χ2n) is 3.84. The van der Waals surface area contributed by atoms with E-state index in [1.807, 2.05) is 0 Å². The van der Waals surface area contributed by atoms with Gasteiger partial charge in [-0.1, -0.05) is 24.3 Å². The summed E-state index contributed by atoms with van der Waals surface area (Å²) in [7, 11) is 1.47. The molecule has 0 aliphatic heterocycles. The predicted octanol–water partition coefficient (Wildman–Crippen LogP) is 1.61. The molecule has 0 saturated carbocycles. The van der Waals surface area contributed by atoms with Gasteiger partial charge >= 0.3 is 0 Å². The smallest absolute Gasteiger partial charge is 0.290 e. The van der Waals surface area contributed by atoms with E-state index in [2.05, 4.69) is 4.98 Å². The van der Waals surface area contributed by atoms with Crippen LogP contribution in [0.25, 0.3) is 11.3 Å². The molecule has 0 spiro atoms. The zero-order chi connectivity index (χ0) is 12.2. The number of fused-ring (bicyclic) bond motifs is 3. The highest BCUT2D eigenvalue weighted by Gasteiger charge is 2.34. The highest BCUT2D eigenvalue weighted by molar-refractivity contribution is 6.52. The lowest BCUT2D eigenvalue weighted by atomic mass is 9.90. The van der Waals surface area contributed by atoms with Gasteiger partial charge in [0.2, 0.25) is 5.78 Å². The Bertz CT molecular complexity index is 673. The summed E-state index contributed by atoms with van der Waals surface area (Å²) in [6.45, 7) is 0. The second kappa shape index (κ2) is 3.10. The molecule has 17 heavy (non-hydrogen) atoms. The lowest BCUT2D eigenvalue weighted by molar-refractivity contribution is 0.0812. The van der Waals surface area contributed by atoms with E-state index >= 15 is 0 Å². The zero-order valence-electron chi connectivity index (χ0n) is 8.90. The number of rotatable bonds is 0. The van der Waals surface area contributed by atoms with Crippen molar-refractivity contribution in [1.82, 2.24) is 9.55 Å². The Kier molecular flexibility index (Phi) is 1.80. The van der Waals surface area contributed by atoms with Crippen LogP contribution in [0, 0.1) is 6.08 Å². The molecule has 4 nitrogen and oxygen atoms in total. The number of imidazole rings is 1. The van der Waals surface area contributed by atoms with E-state index in [-0.39, 0.29) is 5.69 Å². The van der Waals surface area contributed by atoms with Crippen LogP contribution < -0.4 is 0 Å². The first kappa shape index (κ1) is 9.89. The molecule has 0 saturated heterocycles. The molecular formula is C12H7FN2O2. The molecule has 0 atom stereocenters. The maximum atomic E-state index is 13.4. The molecule has 0 bridgehead atoms. The first-order chi connectivity index (χ1) is 8.11. The topological polar surface area (TPSA) is 52.0 Å². The molecule has 0 N–H and O–H groups in total. The van der Waals surface area contributed by atoms with E-state index in [1.165, 1.54) is 11.6 Å². The monoisotopic (exact) mass is 230 g/mol. The lowest BCUT2D eigenvalue weighted by Gasteiger charge is -2.14. The van der Waals surface area contributed by atoms with Crippen LogP contribution in [0.15, 0.2) is 24.3 Å². The molecule has 0 unspecified atom stereocenters. The Morgan fingerprint density at radius 2 is 1.76 bits per heavy atom. The third-order valence-electron chi connectivity index (χ3n) is 2.89. The molecule has 1 aromatic heterocycles. The standard InChI is InChI=1S/C12H7FN2O2/c1-15-9-6-4-2-3-5-7(6)10(16)11(17)8(9)14-12(15)13/h2-5H,1H3. The minimum atomic E-state index is -0.771. The van der Waals surface area contributed by atoms with Crippen molar-refractivity contribution in [2.24, 2.45) is 7.05 Å². The Morgan fingerprint density at radius 3 is 2.47 bits per heavy atom. The highest BCUT2D eigenvalue weighted by Crippen LogP contribution is 2.32. The number of nitrogens with zero attached hydrogens (tertiary/aromatic N) is 2. The van der Waals surface area contributed by atoms with Gasteiger partial charge in [-0.05, 0) is 0 Å². The normalized spacial score (nSPS) is 13.5. The fourth-order valence-corrected chi connectivity index (χ4v) is 2.06. The van der Waals surface area contributed by atoms with Crippen LogP contribution in [-0.4, -0.2) is 21.1 Å². The quantitative estimate of drug-likeness (QED) is 0.646. The summed E-state index contributed by atoms with van der Waals surface area (Å²) in [4.78, 5) is 27.0. The Labute approximate surface area is 95.7 Å². The molecule has 5 heteroatoms. The number of halogens is 1. The summed E-state index contributed by atoms with van der Waals surface area (Å²) >= 11 is 0. The van der Waals surface area contributed by atoms with Crippen molar-refractivity contribution in [3.63, 3.8) is 0 Å². The van der Waals surface area contributed by atoms with E-state index in [1.54, 1.807) is 24.3 Å². The van der Waals surface area contributed by atoms with Crippen LogP contribution in [0.1, 0.15) is 20.8 Å². The first-order valence-corrected chi connectivity index (χ1v) is 5.02. The number of hydrogen-bond donors (Lipinski definition) is 0. The van der Waals surface area contributed by atoms with Gasteiger partial charge in [-0.2, -0.15) is 9.37 Å². The van der Waals surface area contributed by atoms with Crippen LogP contribution in [0.5, 0.6) is 0 Å². The number of carbonyl (C=O) groups excluding carboxylic acids is 2. The summed E-state index contributed by atoms with van der Waals surface area (Å²) in [5.41, 5.74) is 1.11. The lowest BCUT2D eigenvalue weighted by Crippen LogP contribution is -2.21. The summed E-state index contributed by atoms with van der Waals surface area (Å²) in [5, 5.41) is 0. The van der Waals surface area contributed by atoms with Crippen LogP contribution in [-0.2, 0) is 7.05 Å². The van der Waals surface area contributed by atoms with E-state index < -0.39 is 17.6 Å². The molecule has 0 fully saturated rings. The number of hydrogen-bond acceptors (Lipinski definition) is 3. The second-order valence-corrected chi connectivity index (χ2v) is 3.84. The van der Waals surface area contributed by atoms with Gasteiger partial charge in [-0.15, -0.1) is 0 Å². The van der Waals surface area contributed by atoms with Crippen LogP contribution in [0.2, 0.25) is 0 Å². The SMILES string of the molecule is Cn1c(F)nc2c1-c1ccccc1C(=O)C2=O. The van der Waals surface area contributed by atoms with Crippen LogP contribution in [0.4, 0.5) is 4.39 Å². The van der Waals surface area contributed by atoms with Crippen molar-refractivity contribution >= 4 is 11.6 Å². The largest absolute Gasteiger partial charge is 0.303 e. The van der Waals surface area contributed by atoms with Gasteiger partial charge in [0.1, 0.15) is 5.69 Å². The predicted molar refractivity (Wildman–Crippen MR) is 57.3 cm³/mol. The van der Waals surface area contributed by atoms with E-state index in [4.69, 9.17) is 0 Å². The van der Waals surface area contributed by atoms with Gasteiger partial charge in [-0.25, -0.2) is 0 Å². The maximum Gasteiger partial charge on any atom is 0.290 e. The Balaban J connectivity index is 2.45. The summed E-state index contributed by atoms with van der Waals surface area (Å²) in [6.07, 6.45) is -0.771. The van der Waals surface area contributed by atoms with Gasteiger partial charge < -0.3 is 4.57 Å². The minimum Gasteiger partial charge on any atom is -0.303 e. The third kappa shape index (κ3) is 1.13. The molecular weight excluding hydrogens is 223 g/mol. The summed E-state index contributed by atoms with van der Waals surface area (Å²) in [5.74, 6) is -1.38. The minimum absolute atomic E-state index is 0.103. The van der Waals surface area contributed by atoms with Crippen LogP contribution in [0.3, 0.4) is 0 Å². The molecule has 1 aromatic carbocycles. The van der Waals surface area contributed by atoms with Crippen molar-refractivity contribution in [2.75, 3.05) is 0 Å². The van der Waals surface area contributed by atoms with E-state index in [0.29, 0.717) is 16.8 Å². The average molecular weight is 230 g/mol. The average Bonchev–Trinajstić information content (AvgIpc) is 2.63. The van der Waals surface area contributed by atoms with E-state index in [9.17, 15) is 14.0 Å². The third-order valence-corrected chi connectivity index (χ3v) is 2.89. The van der Waals surface area contributed by atoms with Crippen molar-refractivity contribution < 1.29 is 14.0 Å². The number of ketones is 2. The zero-order valence-corrected chi connectivity index (χ0v) is 8.90. The van der Waals surface area contributed by atoms with E-state index in [0.717, 1.165) is 0 Å². The molecule has 1 aliphatic rings. The summed E-state index contributed by atoms with van der Waals surface area (Å²) < 4.78 is 14.6.